The van der Waals surface area contributed by atoms with Gasteiger partial charge in [0.1, 0.15) is 0 Å². The number of rotatable bonds is 4. The van der Waals surface area contributed by atoms with Crippen molar-refractivity contribution in [1.29, 1.82) is 0 Å². The molecule has 0 aromatic rings. The van der Waals surface area contributed by atoms with E-state index in [1.807, 2.05) is 13.8 Å². The number of nitrogens with zero attached hydrogens (tertiary/aromatic N) is 1. The van der Waals surface area contributed by atoms with Gasteiger partial charge in [-0.1, -0.05) is 27.7 Å². The Kier molecular flexibility index (Phi) is 8.07. The van der Waals surface area contributed by atoms with Crippen LogP contribution in [0.3, 0.4) is 0 Å². The fourth-order valence-corrected chi connectivity index (χ4v) is 1.95. The van der Waals surface area contributed by atoms with Gasteiger partial charge in [-0.05, 0) is 39.3 Å². The first-order valence-electron chi connectivity index (χ1n) is 6.58. The molecule has 3 unspecified atom stereocenters. The summed E-state index contributed by atoms with van der Waals surface area (Å²) >= 11 is 0. The standard InChI is InChI=1S/C11H24N2.C2H6/c1-5-10(3)13(4)8-11-9(2)6-7-12-11;1-2/h9-12H,5-8H2,1-4H3;1-2H3. The zero-order valence-corrected chi connectivity index (χ0v) is 11.5. The molecule has 0 amide bonds. The Morgan fingerprint density at radius 3 is 2.40 bits per heavy atom. The second-order valence-electron chi connectivity index (χ2n) is 4.52. The highest BCUT2D eigenvalue weighted by Gasteiger charge is 2.24. The fraction of sp³-hybridized carbons (Fsp3) is 1.00. The van der Waals surface area contributed by atoms with Crippen LogP contribution in [0.25, 0.3) is 0 Å². The van der Waals surface area contributed by atoms with Crippen LogP contribution in [-0.4, -0.2) is 37.1 Å². The van der Waals surface area contributed by atoms with Crippen molar-refractivity contribution < 1.29 is 0 Å². The lowest BCUT2D eigenvalue weighted by Crippen LogP contribution is -2.41. The molecule has 1 rings (SSSR count). The topological polar surface area (TPSA) is 15.3 Å². The maximum Gasteiger partial charge on any atom is 0.0221 e. The molecule has 1 heterocycles. The number of likely N-dealkylation sites (N-methyl/N-ethyl adjacent to an activating group) is 1. The molecular weight excluding hydrogens is 184 g/mol. The van der Waals surface area contributed by atoms with Crippen LogP contribution in [0.2, 0.25) is 0 Å². The first-order valence-corrected chi connectivity index (χ1v) is 6.58. The lowest BCUT2D eigenvalue weighted by molar-refractivity contribution is 0.217. The summed E-state index contributed by atoms with van der Waals surface area (Å²) in [5.41, 5.74) is 0. The second kappa shape index (κ2) is 8.12. The third-order valence-electron chi connectivity index (χ3n) is 3.52. The van der Waals surface area contributed by atoms with E-state index in [1.165, 1.54) is 25.9 Å². The van der Waals surface area contributed by atoms with Gasteiger partial charge in [-0.15, -0.1) is 0 Å². The molecule has 1 saturated heterocycles. The van der Waals surface area contributed by atoms with Gasteiger partial charge in [-0.3, -0.25) is 0 Å². The van der Waals surface area contributed by atoms with Gasteiger partial charge in [-0.25, -0.2) is 0 Å². The van der Waals surface area contributed by atoms with Crippen LogP contribution < -0.4 is 5.32 Å². The van der Waals surface area contributed by atoms with Gasteiger partial charge >= 0.3 is 0 Å². The molecule has 0 bridgehead atoms. The van der Waals surface area contributed by atoms with Gasteiger partial charge < -0.3 is 10.2 Å². The molecule has 2 nitrogen and oxygen atoms in total. The minimum Gasteiger partial charge on any atom is -0.312 e. The van der Waals surface area contributed by atoms with Gasteiger partial charge in [0.2, 0.25) is 0 Å². The van der Waals surface area contributed by atoms with Crippen LogP contribution in [0.4, 0.5) is 0 Å². The normalized spacial score (nSPS) is 27.4. The first kappa shape index (κ1) is 14.9. The number of nitrogens with one attached hydrogen (secondary N) is 1. The minimum absolute atomic E-state index is 0.717. The van der Waals surface area contributed by atoms with Gasteiger partial charge in [-0.2, -0.15) is 0 Å². The van der Waals surface area contributed by atoms with E-state index in [2.05, 4.69) is 38.0 Å². The van der Waals surface area contributed by atoms with Crippen LogP contribution in [0.15, 0.2) is 0 Å². The van der Waals surface area contributed by atoms with Crippen molar-refractivity contribution in [3.63, 3.8) is 0 Å². The number of hydrogen-bond donors (Lipinski definition) is 1. The monoisotopic (exact) mass is 214 g/mol. The average molecular weight is 214 g/mol. The summed E-state index contributed by atoms with van der Waals surface area (Å²) in [5.74, 6) is 0.853. The van der Waals surface area contributed by atoms with Crippen LogP contribution in [-0.2, 0) is 0 Å². The summed E-state index contributed by atoms with van der Waals surface area (Å²) in [7, 11) is 2.24. The Bertz CT molecular complexity index is 147. The maximum atomic E-state index is 3.57. The fourth-order valence-electron chi connectivity index (χ4n) is 1.95. The number of hydrogen-bond acceptors (Lipinski definition) is 2. The predicted octanol–water partition coefficient (Wildman–Crippen LogP) is 2.74. The first-order chi connectivity index (χ1) is 7.15. The Labute approximate surface area is 96.4 Å². The molecule has 0 aromatic heterocycles. The Balaban J connectivity index is 0.000000921. The molecule has 0 spiro atoms. The Morgan fingerprint density at radius 1 is 1.40 bits per heavy atom. The van der Waals surface area contributed by atoms with Crippen LogP contribution in [0.1, 0.15) is 47.5 Å². The predicted molar refractivity (Wildman–Crippen MR) is 69.3 cm³/mol. The maximum absolute atomic E-state index is 3.57. The van der Waals surface area contributed by atoms with Crippen LogP contribution in [0.5, 0.6) is 0 Å². The summed E-state index contributed by atoms with van der Waals surface area (Å²) in [6.07, 6.45) is 2.59. The minimum atomic E-state index is 0.717. The van der Waals surface area contributed by atoms with Gasteiger partial charge in [0.25, 0.3) is 0 Å². The zero-order valence-electron chi connectivity index (χ0n) is 11.5. The van der Waals surface area contributed by atoms with Gasteiger partial charge in [0.15, 0.2) is 0 Å². The zero-order chi connectivity index (χ0) is 11.8. The molecule has 92 valence electrons. The average Bonchev–Trinajstić information content (AvgIpc) is 2.66. The van der Waals surface area contributed by atoms with Crippen LogP contribution >= 0.6 is 0 Å². The second-order valence-corrected chi connectivity index (χ2v) is 4.52. The SMILES string of the molecule is CC.CCC(C)N(C)CC1NCCC1C. The molecule has 0 aromatic carbocycles. The van der Waals surface area contributed by atoms with E-state index >= 15 is 0 Å². The summed E-state index contributed by atoms with van der Waals surface area (Å²) in [6.45, 7) is 13.3. The van der Waals surface area contributed by atoms with E-state index in [1.54, 1.807) is 0 Å². The Morgan fingerprint density at radius 2 is 2.00 bits per heavy atom. The molecule has 1 aliphatic rings. The summed E-state index contributed by atoms with van der Waals surface area (Å²) in [4.78, 5) is 2.47. The van der Waals surface area contributed by atoms with Crippen molar-refractivity contribution in [2.24, 2.45) is 5.92 Å². The molecule has 1 fully saturated rings. The summed E-state index contributed by atoms with van der Waals surface area (Å²) < 4.78 is 0. The molecule has 0 aliphatic carbocycles. The van der Waals surface area contributed by atoms with E-state index in [9.17, 15) is 0 Å². The summed E-state index contributed by atoms with van der Waals surface area (Å²) in [5, 5.41) is 3.57. The van der Waals surface area contributed by atoms with Crippen molar-refractivity contribution in [1.82, 2.24) is 10.2 Å². The van der Waals surface area contributed by atoms with Crippen molar-refractivity contribution in [3.8, 4) is 0 Å². The van der Waals surface area contributed by atoms with Gasteiger partial charge in [0, 0.05) is 18.6 Å². The molecule has 15 heavy (non-hydrogen) atoms. The lowest BCUT2D eigenvalue weighted by Gasteiger charge is -2.28. The van der Waals surface area contributed by atoms with Crippen LogP contribution in [0, 0.1) is 5.92 Å². The van der Waals surface area contributed by atoms with Crippen molar-refractivity contribution in [2.75, 3.05) is 20.1 Å². The van der Waals surface area contributed by atoms with E-state index in [0.29, 0.717) is 0 Å². The highest BCUT2D eigenvalue weighted by Crippen LogP contribution is 2.16. The molecule has 0 saturated carbocycles. The highest BCUT2D eigenvalue weighted by atomic mass is 15.2. The molecule has 3 atom stereocenters. The largest absolute Gasteiger partial charge is 0.312 e. The third-order valence-corrected chi connectivity index (χ3v) is 3.52. The van der Waals surface area contributed by atoms with E-state index in [-0.39, 0.29) is 0 Å². The van der Waals surface area contributed by atoms with E-state index < -0.39 is 0 Å². The molecule has 0 radical (unpaired) electrons. The molecular formula is C13H30N2. The van der Waals surface area contributed by atoms with Gasteiger partial charge in [0.05, 0.1) is 0 Å². The lowest BCUT2D eigenvalue weighted by atomic mass is 10.0. The smallest absolute Gasteiger partial charge is 0.0221 e. The molecule has 1 aliphatic heterocycles. The van der Waals surface area contributed by atoms with Crippen molar-refractivity contribution in [2.45, 2.75) is 59.5 Å². The van der Waals surface area contributed by atoms with Crippen molar-refractivity contribution >= 4 is 0 Å². The highest BCUT2D eigenvalue weighted by molar-refractivity contribution is 4.83. The third kappa shape index (κ3) is 4.98. The van der Waals surface area contributed by atoms with Crippen molar-refractivity contribution in [3.05, 3.63) is 0 Å². The molecule has 2 heteroatoms. The van der Waals surface area contributed by atoms with E-state index in [0.717, 1.165) is 18.0 Å². The quantitative estimate of drug-likeness (QED) is 0.774. The molecule has 1 N–H and O–H groups in total. The van der Waals surface area contributed by atoms with E-state index in [4.69, 9.17) is 0 Å². The summed E-state index contributed by atoms with van der Waals surface area (Å²) in [6, 6.07) is 1.44. The Hall–Kier alpha value is -0.0800.